The minimum absolute atomic E-state index is 0. The number of ether oxygens (including phenoxy) is 1. The van der Waals surface area contributed by atoms with Crippen LogP contribution in [-0.2, 0) is 16.1 Å². The van der Waals surface area contributed by atoms with Crippen molar-refractivity contribution in [2.24, 2.45) is 23.2 Å². The molecule has 132 valence electrons. The number of carbonyl (C=O) groups excluding carboxylic acids is 1. The fourth-order valence-corrected chi connectivity index (χ4v) is 5.81. The molecule has 0 aliphatic heterocycles. The zero-order valence-corrected chi connectivity index (χ0v) is 15.3. The van der Waals surface area contributed by atoms with Gasteiger partial charge >= 0.3 is 5.97 Å². The average molecular weight is 350 g/mol. The molecule has 24 heavy (non-hydrogen) atoms. The van der Waals surface area contributed by atoms with Crippen LogP contribution < -0.4 is 17.0 Å². The smallest absolute Gasteiger partial charge is 0.372 e. The van der Waals surface area contributed by atoms with Crippen LogP contribution in [0.2, 0.25) is 0 Å². The van der Waals surface area contributed by atoms with Gasteiger partial charge < -0.3 is 17.1 Å². The lowest BCUT2D eigenvalue weighted by atomic mass is 9.49. The Morgan fingerprint density at radius 2 is 1.67 bits per heavy atom. The second kappa shape index (κ2) is 7.03. The third kappa shape index (κ3) is 3.77. The number of pyridine rings is 1. The lowest BCUT2D eigenvalue weighted by molar-refractivity contribution is -0.686. The van der Waals surface area contributed by atoms with Crippen LogP contribution in [0, 0.1) is 30.1 Å². The van der Waals surface area contributed by atoms with E-state index in [0.717, 1.165) is 24.2 Å². The molecule has 1 aromatic heterocycles. The Hall–Kier alpha value is -1.09. The summed E-state index contributed by atoms with van der Waals surface area (Å²) in [6, 6.07) is 4.03. The van der Waals surface area contributed by atoms with Crippen molar-refractivity contribution >= 4 is 5.97 Å². The largest absolute Gasteiger partial charge is 1.00 e. The van der Waals surface area contributed by atoms with Crippen molar-refractivity contribution in [1.29, 1.82) is 0 Å². The van der Waals surface area contributed by atoms with E-state index in [1.807, 2.05) is 36.0 Å². The molecule has 0 amide bonds. The van der Waals surface area contributed by atoms with E-state index < -0.39 is 0 Å². The first-order valence-corrected chi connectivity index (χ1v) is 9.22. The first-order valence-electron chi connectivity index (χ1n) is 9.22. The molecule has 4 aliphatic rings. The zero-order valence-electron chi connectivity index (χ0n) is 14.5. The quantitative estimate of drug-likeness (QED) is 0.570. The number of nitrogens with zero attached hydrogens (tertiary/aromatic N) is 1. The third-order valence-electron chi connectivity index (χ3n) is 6.43. The monoisotopic (exact) mass is 349 g/mol. The minimum atomic E-state index is -0.108. The van der Waals surface area contributed by atoms with Crippen LogP contribution in [0.1, 0.15) is 50.5 Å². The SMILES string of the molecule is Cc1cc[n+](CC(=O)OCCC23CC4CC(CC(C4)C2)C3)cc1.[Cl-]. The van der Waals surface area contributed by atoms with E-state index in [1.54, 1.807) is 0 Å². The topological polar surface area (TPSA) is 30.2 Å². The zero-order chi connectivity index (χ0) is 15.9. The van der Waals surface area contributed by atoms with Gasteiger partial charge in [-0.25, -0.2) is 4.79 Å². The van der Waals surface area contributed by atoms with Gasteiger partial charge in [0.2, 0.25) is 6.54 Å². The predicted molar refractivity (Wildman–Crippen MR) is 87.6 cm³/mol. The van der Waals surface area contributed by atoms with Gasteiger partial charge in [0.1, 0.15) is 0 Å². The van der Waals surface area contributed by atoms with Gasteiger partial charge in [-0.2, -0.15) is 4.57 Å². The molecule has 4 aliphatic carbocycles. The van der Waals surface area contributed by atoms with Gasteiger partial charge in [-0.1, -0.05) is 0 Å². The highest BCUT2D eigenvalue weighted by molar-refractivity contribution is 5.67. The van der Waals surface area contributed by atoms with Crippen LogP contribution in [0.15, 0.2) is 24.5 Å². The third-order valence-corrected chi connectivity index (χ3v) is 6.43. The highest BCUT2D eigenvalue weighted by Crippen LogP contribution is 2.61. The van der Waals surface area contributed by atoms with Crippen LogP contribution in [0.3, 0.4) is 0 Å². The number of rotatable bonds is 5. The van der Waals surface area contributed by atoms with Gasteiger partial charge in [-0.05, 0) is 80.6 Å². The van der Waals surface area contributed by atoms with Gasteiger partial charge in [0.05, 0.1) is 6.61 Å². The average Bonchev–Trinajstić information content (AvgIpc) is 2.48. The number of hydrogen-bond donors (Lipinski definition) is 0. The molecule has 0 atom stereocenters. The Labute approximate surface area is 151 Å². The second-order valence-electron chi connectivity index (χ2n) is 8.44. The van der Waals surface area contributed by atoms with Crippen molar-refractivity contribution in [2.45, 2.75) is 58.4 Å². The van der Waals surface area contributed by atoms with E-state index in [2.05, 4.69) is 0 Å². The van der Waals surface area contributed by atoms with Crippen molar-refractivity contribution in [2.75, 3.05) is 6.61 Å². The van der Waals surface area contributed by atoms with Gasteiger partial charge in [-0.3, -0.25) is 0 Å². The Bertz CT molecular complexity index is 549. The molecule has 1 heterocycles. The number of hydrogen-bond acceptors (Lipinski definition) is 2. The molecule has 1 aromatic rings. The molecule has 4 bridgehead atoms. The molecule has 4 fully saturated rings. The van der Waals surface area contributed by atoms with Crippen LogP contribution in [0.5, 0.6) is 0 Å². The maximum absolute atomic E-state index is 12.0. The minimum Gasteiger partial charge on any atom is -1.00 e. The molecule has 4 saturated carbocycles. The number of esters is 1. The summed E-state index contributed by atoms with van der Waals surface area (Å²) < 4.78 is 7.44. The van der Waals surface area contributed by atoms with Crippen LogP contribution in [-0.4, -0.2) is 12.6 Å². The Morgan fingerprint density at radius 3 is 2.21 bits per heavy atom. The van der Waals surface area contributed by atoms with Gasteiger partial charge in [0.15, 0.2) is 12.4 Å². The van der Waals surface area contributed by atoms with Crippen molar-refractivity contribution in [3.8, 4) is 0 Å². The summed E-state index contributed by atoms with van der Waals surface area (Å²) in [5, 5.41) is 0. The summed E-state index contributed by atoms with van der Waals surface area (Å²) in [6.45, 7) is 2.98. The Kier molecular flexibility index (Phi) is 5.19. The number of carbonyl (C=O) groups is 1. The molecule has 0 aromatic carbocycles. The van der Waals surface area contributed by atoms with Crippen LogP contribution in [0.25, 0.3) is 0 Å². The first-order chi connectivity index (χ1) is 11.1. The van der Waals surface area contributed by atoms with Crippen LogP contribution >= 0.6 is 0 Å². The molecule has 3 nitrogen and oxygen atoms in total. The van der Waals surface area contributed by atoms with Crippen molar-refractivity contribution in [3.63, 3.8) is 0 Å². The summed E-state index contributed by atoms with van der Waals surface area (Å²) in [7, 11) is 0. The maximum atomic E-state index is 12.0. The fraction of sp³-hybridized carbons (Fsp3) is 0.700. The maximum Gasteiger partial charge on any atom is 0.372 e. The summed E-state index contributed by atoms with van der Waals surface area (Å²) in [6.07, 6.45) is 13.6. The summed E-state index contributed by atoms with van der Waals surface area (Å²) in [4.78, 5) is 12.0. The molecule has 0 N–H and O–H groups in total. The summed E-state index contributed by atoms with van der Waals surface area (Å²) >= 11 is 0. The lowest BCUT2D eigenvalue weighted by Gasteiger charge is -2.57. The van der Waals surface area contributed by atoms with Gasteiger partial charge in [0.25, 0.3) is 0 Å². The predicted octanol–water partition coefficient (Wildman–Crippen LogP) is 0.436. The molecular formula is C20H28ClNO2. The van der Waals surface area contributed by atoms with E-state index >= 15 is 0 Å². The van der Waals surface area contributed by atoms with Crippen molar-refractivity contribution in [1.82, 2.24) is 0 Å². The number of halogens is 1. The molecule has 0 spiro atoms. The molecule has 5 rings (SSSR count). The summed E-state index contributed by atoms with van der Waals surface area (Å²) in [5.41, 5.74) is 1.71. The van der Waals surface area contributed by atoms with E-state index in [4.69, 9.17) is 4.74 Å². The lowest BCUT2D eigenvalue weighted by Crippen LogP contribution is -3.00. The molecule has 0 saturated heterocycles. The Morgan fingerprint density at radius 1 is 1.12 bits per heavy atom. The highest BCUT2D eigenvalue weighted by Gasteiger charge is 2.50. The molecular weight excluding hydrogens is 322 g/mol. The van der Waals surface area contributed by atoms with Crippen molar-refractivity contribution in [3.05, 3.63) is 30.1 Å². The van der Waals surface area contributed by atoms with Gasteiger partial charge in [0, 0.05) is 12.1 Å². The number of aromatic nitrogens is 1. The Balaban J connectivity index is 0.00000169. The normalized spacial score (nSPS) is 33.1. The molecule has 0 radical (unpaired) electrons. The second-order valence-corrected chi connectivity index (χ2v) is 8.44. The van der Waals surface area contributed by atoms with E-state index in [-0.39, 0.29) is 18.4 Å². The molecule has 0 unspecified atom stereocenters. The summed E-state index contributed by atoms with van der Waals surface area (Å²) in [5.74, 6) is 2.81. The van der Waals surface area contributed by atoms with Crippen LogP contribution in [0.4, 0.5) is 0 Å². The highest BCUT2D eigenvalue weighted by atomic mass is 35.5. The van der Waals surface area contributed by atoms with E-state index in [1.165, 1.54) is 44.1 Å². The van der Waals surface area contributed by atoms with Crippen molar-refractivity contribution < 1.29 is 26.5 Å². The van der Waals surface area contributed by atoms with E-state index in [0.29, 0.717) is 18.6 Å². The number of aryl methyl sites for hydroxylation is 1. The van der Waals surface area contributed by atoms with E-state index in [9.17, 15) is 4.79 Å². The van der Waals surface area contributed by atoms with Gasteiger partial charge in [-0.15, -0.1) is 0 Å². The molecule has 4 heteroatoms. The standard InChI is InChI=1S/C20H28NO2.ClH/c1-15-2-5-21(6-3-15)14-19(22)23-7-4-20-11-16-8-17(12-20)10-18(9-16)13-20;/h2-3,5-6,16-18H,4,7-14H2,1H3;1H/q+1;/p-1. The fourth-order valence-electron chi connectivity index (χ4n) is 5.81. The first kappa shape index (κ1) is 17.7.